The van der Waals surface area contributed by atoms with Gasteiger partial charge in [0.05, 0.1) is 6.61 Å². The summed E-state index contributed by atoms with van der Waals surface area (Å²) in [6.45, 7) is 3.00. The minimum Gasteiger partial charge on any atom is -0.493 e. The molecule has 1 aromatic rings. The second-order valence-electron chi connectivity index (χ2n) is 7.45. The van der Waals surface area contributed by atoms with Gasteiger partial charge in [-0.05, 0) is 73.6 Å². The van der Waals surface area contributed by atoms with Crippen molar-refractivity contribution in [2.45, 2.75) is 76.7 Å². The monoisotopic (exact) mass is 371 g/mol. The Morgan fingerprint density at radius 1 is 1.17 bits per heavy atom. The molecule has 1 unspecified atom stereocenters. The standard InChI is InChI=1S/C20H30ClNO.ClH/c1-2-18(22)11-16-10-17(21)12-19(15-6-4-3-5-7-15)20(16)23-13-14-8-9-14;/h10,12,14-15,18H,2-9,11,13,22H2,1H3;1H. The van der Waals surface area contributed by atoms with Gasteiger partial charge < -0.3 is 10.5 Å². The third-order valence-electron chi connectivity index (χ3n) is 5.37. The van der Waals surface area contributed by atoms with Crippen LogP contribution in [0.5, 0.6) is 5.75 Å². The van der Waals surface area contributed by atoms with Crippen molar-refractivity contribution in [2.75, 3.05) is 6.61 Å². The highest BCUT2D eigenvalue weighted by Gasteiger charge is 2.26. The SMILES string of the molecule is CCC(N)Cc1cc(Cl)cc(C2CCCCC2)c1OCC1CC1.Cl. The largest absolute Gasteiger partial charge is 0.493 e. The second kappa shape index (κ2) is 9.31. The fourth-order valence-electron chi connectivity index (χ4n) is 3.63. The van der Waals surface area contributed by atoms with Gasteiger partial charge in [0.25, 0.3) is 0 Å². The van der Waals surface area contributed by atoms with Gasteiger partial charge in [-0.3, -0.25) is 0 Å². The molecule has 0 aliphatic heterocycles. The van der Waals surface area contributed by atoms with E-state index in [9.17, 15) is 0 Å². The van der Waals surface area contributed by atoms with Crippen molar-refractivity contribution >= 4 is 24.0 Å². The first-order chi connectivity index (χ1) is 11.2. The maximum atomic E-state index is 6.45. The summed E-state index contributed by atoms with van der Waals surface area (Å²) in [5.74, 6) is 2.47. The van der Waals surface area contributed by atoms with Gasteiger partial charge >= 0.3 is 0 Å². The molecule has 136 valence electrons. The third kappa shape index (κ3) is 5.28. The van der Waals surface area contributed by atoms with E-state index in [0.717, 1.165) is 36.1 Å². The maximum absolute atomic E-state index is 6.45. The van der Waals surface area contributed by atoms with E-state index in [-0.39, 0.29) is 18.4 Å². The maximum Gasteiger partial charge on any atom is 0.126 e. The Bertz CT molecular complexity index is 525. The minimum atomic E-state index is 0. The number of rotatable bonds is 7. The molecule has 3 rings (SSSR count). The van der Waals surface area contributed by atoms with E-state index in [4.69, 9.17) is 22.1 Å². The topological polar surface area (TPSA) is 35.2 Å². The lowest BCUT2D eigenvalue weighted by molar-refractivity contribution is 0.288. The number of hydrogen-bond acceptors (Lipinski definition) is 2. The summed E-state index contributed by atoms with van der Waals surface area (Å²) in [7, 11) is 0. The van der Waals surface area contributed by atoms with E-state index in [0.29, 0.717) is 5.92 Å². The summed E-state index contributed by atoms with van der Waals surface area (Å²) in [5.41, 5.74) is 8.78. The molecule has 2 fully saturated rings. The van der Waals surface area contributed by atoms with Crippen LogP contribution in [0.1, 0.15) is 75.3 Å². The highest BCUT2D eigenvalue weighted by Crippen LogP contribution is 2.42. The summed E-state index contributed by atoms with van der Waals surface area (Å²) in [6, 6.07) is 4.41. The van der Waals surface area contributed by atoms with Crippen molar-refractivity contribution in [3.05, 3.63) is 28.3 Å². The predicted molar refractivity (Wildman–Crippen MR) is 105 cm³/mol. The van der Waals surface area contributed by atoms with Crippen molar-refractivity contribution in [2.24, 2.45) is 11.7 Å². The molecule has 0 radical (unpaired) electrons. The third-order valence-corrected chi connectivity index (χ3v) is 5.59. The van der Waals surface area contributed by atoms with Crippen LogP contribution in [0.4, 0.5) is 0 Å². The Kier molecular flexibility index (Phi) is 7.71. The molecule has 2 nitrogen and oxygen atoms in total. The van der Waals surface area contributed by atoms with Crippen molar-refractivity contribution in [1.29, 1.82) is 0 Å². The fraction of sp³-hybridized carbons (Fsp3) is 0.700. The van der Waals surface area contributed by atoms with Crippen molar-refractivity contribution in [1.82, 2.24) is 0 Å². The van der Waals surface area contributed by atoms with E-state index < -0.39 is 0 Å². The van der Waals surface area contributed by atoms with Crippen LogP contribution in [0.25, 0.3) is 0 Å². The van der Waals surface area contributed by atoms with Gasteiger partial charge in [0.1, 0.15) is 5.75 Å². The van der Waals surface area contributed by atoms with Gasteiger partial charge in [-0.2, -0.15) is 0 Å². The molecule has 2 N–H and O–H groups in total. The first kappa shape index (κ1) is 19.9. The molecule has 1 aromatic carbocycles. The Morgan fingerprint density at radius 2 is 1.88 bits per heavy atom. The van der Waals surface area contributed by atoms with Gasteiger partial charge in [-0.25, -0.2) is 0 Å². The Morgan fingerprint density at radius 3 is 2.50 bits per heavy atom. The Labute approximate surface area is 157 Å². The number of halogens is 2. The summed E-state index contributed by atoms with van der Waals surface area (Å²) < 4.78 is 6.33. The molecule has 24 heavy (non-hydrogen) atoms. The molecular weight excluding hydrogens is 341 g/mol. The van der Waals surface area contributed by atoms with Crippen LogP contribution in [0.3, 0.4) is 0 Å². The zero-order valence-corrected chi connectivity index (χ0v) is 16.3. The molecule has 2 saturated carbocycles. The van der Waals surface area contributed by atoms with E-state index in [1.807, 2.05) is 0 Å². The molecule has 0 saturated heterocycles. The summed E-state index contributed by atoms with van der Waals surface area (Å²) >= 11 is 6.45. The number of hydrogen-bond donors (Lipinski definition) is 1. The molecule has 1 atom stereocenters. The molecule has 2 aliphatic rings. The van der Waals surface area contributed by atoms with Crippen LogP contribution >= 0.6 is 24.0 Å². The van der Waals surface area contributed by atoms with Gasteiger partial charge in [0, 0.05) is 11.1 Å². The molecule has 0 spiro atoms. The number of benzene rings is 1. The number of nitrogens with two attached hydrogens (primary N) is 1. The fourth-order valence-corrected chi connectivity index (χ4v) is 3.88. The zero-order chi connectivity index (χ0) is 16.2. The van der Waals surface area contributed by atoms with Gasteiger partial charge in [-0.1, -0.05) is 37.8 Å². The average molecular weight is 372 g/mol. The van der Waals surface area contributed by atoms with E-state index in [1.165, 1.54) is 56.1 Å². The van der Waals surface area contributed by atoms with Gasteiger partial charge in [0.2, 0.25) is 0 Å². The summed E-state index contributed by atoms with van der Waals surface area (Å²) in [4.78, 5) is 0. The van der Waals surface area contributed by atoms with Crippen molar-refractivity contribution in [3.63, 3.8) is 0 Å². The smallest absolute Gasteiger partial charge is 0.126 e. The lowest BCUT2D eigenvalue weighted by Gasteiger charge is -2.26. The average Bonchev–Trinajstić information content (AvgIpc) is 3.38. The van der Waals surface area contributed by atoms with Gasteiger partial charge in [-0.15, -0.1) is 12.4 Å². The van der Waals surface area contributed by atoms with Crippen LogP contribution in [0.15, 0.2) is 12.1 Å². The lowest BCUT2D eigenvalue weighted by Crippen LogP contribution is -2.22. The lowest BCUT2D eigenvalue weighted by atomic mass is 9.82. The quantitative estimate of drug-likeness (QED) is 0.649. The van der Waals surface area contributed by atoms with Crippen LogP contribution in [-0.4, -0.2) is 12.6 Å². The summed E-state index contributed by atoms with van der Waals surface area (Å²) in [5, 5.41) is 0.836. The normalized spacial score (nSPS) is 19.6. The summed E-state index contributed by atoms with van der Waals surface area (Å²) in [6.07, 6.45) is 11.0. The molecule has 0 heterocycles. The number of ether oxygens (including phenoxy) is 1. The van der Waals surface area contributed by atoms with Crippen molar-refractivity contribution < 1.29 is 4.74 Å². The minimum absolute atomic E-state index is 0. The van der Waals surface area contributed by atoms with Crippen molar-refractivity contribution in [3.8, 4) is 5.75 Å². The van der Waals surface area contributed by atoms with Crippen LogP contribution in [-0.2, 0) is 6.42 Å². The van der Waals surface area contributed by atoms with Gasteiger partial charge in [0.15, 0.2) is 0 Å². The van der Waals surface area contributed by atoms with E-state index in [2.05, 4.69) is 19.1 Å². The molecular formula is C20H31Cl2NO. The molecule has 4 heteroatoms. The molecule has 0 bridgehead atoms. The first-order valence-corrected chi connectivity index (χ1v) is 9.75. The van der Waals surface area contributed by atoms with Crippen LogP contribution < -0.4 is 10.5 Å². The molecule has 2 aliphatic carbocycles. The first-order valence-electron chi connectivity index (χ1n) is 9.38. The van der Waals surface area contributed by atoms with E-state index in [1.54, 1.807) is 0 Å². The molecule has 0 aromatic heterocycles. The van der Waals surface area contributed by atoms with E-state index >= 15 is 0 Å². The Balaban J connectivity index is 0.00000208. The molecule has 0 amide bonds. The zero-order valence-electron chi connectivity index (χ0n) is 14.7. The highest BCUT2D eigenvalue weighted by atomic mass is 35.5. The van der Waals surface area contributed by atoms with Crippen LogP contribution in [0.2, 0.25) is 5.02 Å². The van der Waals surface area contributed by atoms with Crippen LogP contribution in [0, 0.1) is 5.92 Å². The Hall–Kier alpha value is -0.440. The second-order valence-corrected chi connectivity index (χ2v) is 7.88. The highest BCUT2D eigenvalue weighted by molar-refractivity contribution is 6.30. The predicted octanol–water partition coefficient (Wildman–Crippen LogP) is 5.88.